The maximum Gasteiger partial charge on any atom is 0.253 e. The van der Waals surface area contributed by atoms with Gasteiger partial charge in [-0.15, -0.1) is 0 Å². The first kappa shape index (κ1) is 31.8. The highest BCUT2D eigenvalue weighted by molar-refractivity contribution is 6.00. The topological polar surface area (TPSA) is 111 Å². The molecule has 0 fully saturated rings. The zero-order valence-electron chi connectivity index (χ0n) is 24.3. The van der Waals surface area contributed by atoms with Gasteiger partial charge in [0.15, 0.2) is 0 Å². The van der Waals surface area contributed by atoms with Crippen LogP contribution in [0.1, 0.15) is 64.1 Å². The highest BCUT2D eigenvalue weighted by Crippen LogP contribution is 2.16. The molecular weight excluding hydrogens is 518 g/mol. The van der Waals surface area contributed by atoms with E-state index in [1.807, 2.05) is 68.4 Å². The van der Waals surface area contributed by atoms with Gasteiger partial charge in [0.2, 0.25) is 0 Å². The second-order valence-electron chi connectivity index (χ2n) is 10.2. The quantitative estimate of drug-likeness (QED) is 0.211. The monoisotopic (exact) mass is 561 g/mol. The number of ether oxygens (including phenoxy) is 1. The number of carbonyl (C=O) groups excluding carboxylic acids is 2. The first-order valence-corrected chi connectivity index (χ1v) is 14.3. The Labute approximate surface area is 243 Å². The van der Waals surface area contributed by atoms with Crippen molar-refractivity contribution in [1.29, 1.82) is 0 Å². The van der Waals surface area contributed by atoms with E-state index in [2.05, 4.69) is 10.6 Å². The number of methoxy groups -OCH3 is 1. The number of aliphatic hydroxyl groups excluding tert-OH is 2. The molecule has 0 aliphatic rings. The first-order chi connectivity index (χ1) is 19.9. The Morgan fingerprint density at radius 3 is 2.22 bits per heavy atom. The lowest BCUT2D eigenvalue weighted by molar-refractivity contribution is 0.0755. The van der Waals surface area contributed by atoms with Gasteiger partial charge in [-0.25, -0.2) is 0 Å². The summed E-state index contributed by atoms with van der Waals surface area (Å²) in [4.78, 5) is 28.6. The minimum Gasteiger partial charge on any atom is -0.497 e. The van der Waals surface area contributed by atoms with Crippen LogP contribution in [0.15, 0.2) is 72.8 Å². The van der Waals surface area contributed by atoms with E-state index >= 15 is 0 Å². The van der Waals surface area contributed by atoms with Crippen LogP contribution in [0.3, 0.4) is 0 Å². The molecule has 0 heterocycles. The van der Waals surface area contributed by atoms with Crippen molar-refractivity contribution in [2.45, 2.75) is 58.4 Å². The van der Waals surface area contributed by atoms with Gasteiger partial charge in [0.05, 0.1) is 25.9 Å². The smallest absolute Gasteiger partial charge is 0.253 e. The average Bonchev–Trinajstić information content (AvgIpc) is 3.00. The number of nitrogens with zero attached hydrogens (tertiary/aromatic N) is 1. The van der Waals surface area contributed by atoms with Crippen molar-refractivity contribution >= 4 is 11.8 Å². The third kappa shape index (κ3) is 9.70. The van der Waals surface area contributed by atoms with Crippen LogP contribution in [0.5, 0.6) is 5.75 Å². The van der Waals surface area contributed by atoms with Crippen molar-refractivity contribution in [3.05, 3.63) is 101 Å². The Kier molecular flexibility index (Phi) is 12.8. The molecule has 2 amide bonds. The van der Waals surface area contributed by atoms with Crippen molar-refractivity contribution in [3.8, 4) is 5.75 Å². The lowest BCUT2D eigenvalue weighted by Crippen LogP contribution is -2.48. The van der Waals surface area contributed by atoms with Crippen molar-refractivity contribution in [3.63, 3.8) is 0 Å². The minimum atomic E-state index is -0.892. The summed E-state index contributed by atoms with van der Waals surface area (Å²) in [7, 11) is 1.62. The molecule has 0 unspecified atom stereocenters. The molecule has 8 nitrogen and oxygen atoms in total. The molecule has 0 radical (unpaired) electrons. The summed E-state index contributed by atoms with van der Waals surface area (Å²) < 4.78 is 5.29. The Morgan fingerprint density at radius 2 is 1.56 bits per heavy atom. The van der Waals surface area contributed by atoms with Gasteiger partial charge in [0.1, 0.15) is 5.75 Å². The third-order valence-electron chi connectivity index (χ3n) is 6.85. The van der Waals surface area contributed by atoms with Gasteiger partial charge in [0.25, 0.3) is 11.8 Å². The van der Waals surface area contributed by atoms with E-state index in [0.29, 0.717) is 37.2 Å². The normalized spacial score (nSPS) is 12.4. The van der Waals surface area contributed by atoms with Crippen LogP contribution >= 0.6 is 0 Å². The fourth-order valence-electron chi connectivity index (χ4n) is 4.77. The number of rotatable bonds is 16. The van der Waals surface area contributed by atoms with Crippen molar-refractivity contribution in [1.82, 2.24) is 15.5 Å². The number of nitrogens with one attached hydrogen (secondary N) is 2. The summed E-state index contributed by atoms with van der Waals surface area (Å²) in [6.45, 7) is 5.74. The van der Waals surface area contributed by atoms with E-state index in [1.165, 1.54) is 0 Å². The molecule has 0 aliphatic heterocycles. The molecule has 0 bridgehead atoms. The van der Waals surface area contributed by atoms with Crippen LogP contribution in [0.2, 0.25) is 0 Å². The Balaban J connectivity index is 1.78. The van der Waals surface area contributed by atoms with Crippen LogP contribution in [0.4, 0.5) is 0 Å². The largest absolute Gasteiger partial charge is 0.497 e. The van der Waals surface area contributed by atoms with Crippen LogP contribution in [0.25, 0.3) is 0 Å². The number of hydrogen-bond donors (Lipinski definition) is 4. The molecule has 0 saturated heterocycles. The predicted molar refractivity (Wildman–Crippen MR) is 161 cm³/mol. The van der Waals surface area contributed by atoms with E-state index in [9.17, 15) is 19.8 Å². The maximum atomic E-state index is 13.5. The highest BCUT2D eigenvalue weighted by Gasteiger charge is 2.24. The first-order valence-electron chi connectivity index (χ1n) is 14.3. The fraction of sp³-hybridized carbons (Fsp3) is 0.394. The molecule has 3 aromatic rings. The lowest BCUT2D eigenvalue weighted by atomic mass is 9.99. The van der Waals surface area contributed by atoms with E-state index in [4.69, 9.17) is 4.74 Å². The van der Waals surface area contributed by atoms with Crippen molar-refractivity contribution in [2.24, 2.45) is 0 Å². The van der Waals surface area contributed by atoms with Crippen molar-refractivity contribution < 1.29 is 24.5 Å². The molecule has 8 heteroatoms. The van der Waals surface area contributed by atoms with Gasteiger partial charge in [-0.05, 0) is 66.3 Å². The van der Waals surface area contributed by atoms with Crippen LogP contribution in [-0.2, 0) is 19.6 Å². The molecule has 4 N–H and O–H groups in total. The fourth-order valence-corrected chi connectivity index (χ4v) is 4.77. The van der Waals surface area contributed by atoms with E-state index in [1.54, 1.807) is 30.2 Å². The third-order valence-corrected chi connectivity index (χ3v) is 6.85. The summed E-state index contributed by atoms with van der Waals surface area (Å²) in [6.07, 6.45) is 1.17. The minimum absolute atomic E-state index is 0.166. The highest BCUT2D eigenvalue weighted by atomic mass is 16.5. The molecular formula is C33H43N3O5. The summed E-state index contributed by atoms with van der Waals surface area (Å²) in [5.41, 5.74) is 3.10. The number of amides is 2. The Hall–Kier alpha value is -3.72. The molecule has 41 heavy (non-hydrogen) atoms. The molecule has 0 aromatic heterocycles. The molecule has 3 rings (SSSR count). The molecule has 220 valence electrons. The number of hydrogen-bond acceptors (Lipinski definition) is 6. The summed E-state index contributed by atoms with van der Waals surface area (Å²) in [5, 5.41) is 27.3. The molecule has 3 aromatic carbocycles. The van der Waals surface area contributed by atoms with Crippen molar-refractivity contribution in [2.75, 3.05) is 26.7 Å². The van der Waals surface area contributed by atoms with Gasteiger partial charge in [0, 0.05) is 37.3 Å². The Morgan fingerprint density at radius 1 is 0.878 bits per heavy atom. The van der Waals surface area contributed by atoms with Crippen LogP contribution < -0.4 is 15.4 Å². The molecule has 0 aliphatic carbocycles. The van der Waals surface area contributed by atoms with Gasteiger partial charge in [-0.1, -0.05) is 56.3 Å². The number of carbonyl (C=O) groups is 2. The molecule has 0 spiro atoms. The van der Waals surface area contributed by atoms with E-state index in [0.717, 1.165) is 29.7 Å². The lowest BCUT2D eigenvalue weighted by Gasteiger charge is -2.25. The van der Waals surface area contributed by atoms with E-state index in [-0.39, 0.29) is 24.6 Å². The predicted octanol–water partition coefficient (Wildman–Crippen LogP) is 3.94. The van der Waals surface area contributed by atoms with Gasteiger partial charge in [-0.3, -0.25) is 9.59 Å². The zero-order chi connectivity index (χ0) is 29.6. The summed E-state index contributed by atoms with van der Waals surface area (Å²) in [5.74, 6) is 0.176. The summed E-state index contributed by atoms with van der Waals surface area (Å²) in [6, 6.07) is 21.5. The SMILES string of the molecule is CCCN(CCC)C(=O)c1cc(CO)cc(C(=O)N[C@@H](Cc2ccccc2)[C@H](O)CNCc2cccc(OC)c2)c1. The number of aliphatic hydroxyl groups is 2. The average molecular weight is 562 g/mol. The molecule has 0 saturated carbocycles. The second-order valence-corrected chi connectivity index (χ2v) is 10.2. The van der Waals surface area contributed by atoms with Gasteiger partial charge < -0.3 is 30.5 Å². The maximum absolute atomic E-state index is 13.5. The zero-order valence-corrected chi connectivity index (χ0v) is 24.3. The van der Waals surface area contributed by atoms with Gasteiger partial charge in [-0.2, -0.15) is 0 Å². The second kappa shape index (κ2) is 16.5. The van der Waals surface area contributed by atoms with Gasteiger partial charge >= 0.3 is 0 Å². The van der Waals surface area contributed by atoms with E-state index < -0.39 is 18.1 Å². The van der Waals surface area contributed by atoms with Crippen LogP contribution in [-0.4, -0.2) is 65.8 Å². The standard InChI is InChI=1S/C33H43N3O5/c1-4-14-36(15-5-2)33(40)28-17-26(23-37)16-27(20-28)32(39)35-30(19-24-10-7-6-8-11-24)31(38)22-34-21-25-12-9-13-29(18-25)41-3/h6-13,16-18,20,30-31,34,37-38H,4-5,14-15,19,21-23H2,1-3H3,(H,35,39)/t30-,31+/m0/s1. The summed E-state index contributed by atoms with van der Waals surface area (Å²) >= 11 is 0. The van der Waals surface area contributed by atoms with Crippen LogP contribution in [0, 0.1) is 0 Å². The Bertz CT molecular complexity index is 1240. The number of benzene rings is 3. The molecule has 2 atom stereocenters.